The lowest BCUT2D eigenvalue weighted by Gasteiger charge is -2.26. The van der Waals surface area contributed by atoms with Crippen LogP contribution >= 0.6 is 0 Å². The van der Waals surface area contributed by atoms with Gasteiger partial charge in [0.2, 0.25) is 0 Å². The Hall–Kier alpha value is -3.02. The first kappa shape index (κ1) is 21.2. The molecule has 1 fully saturated rings. The number of nitrogens with zero attached hydrogens (tertiary/aromatic N) is 1. The molecule has 31 heavy (non-hydrogen) atoms. The fraction of sp³-hybridized carbons (Fsp3) is 0.440. The molecule has 0 spiro atoms. The van der Waals surface area contributed by atoms with Gasteiger partial charge in [-0.2, -0.15) is 0 Å². The van der Waals surface area contributed by atoms with Gasteiger partial charge in [-0.3, -0.25) is 9.59 Å². The van der Waals surface area contributed by atoms with E-state index in [4.69, 9.17) is 9.47 Å². The summed E-state index contributed by atoms with van der Waals surface area (Å²) in [6, 6.07) is 11.2. The summed E-state index contributed by atoms with van der Waals surface area (Å²) >= 11 is 0. The van der Waals surface area contributed by atoms with Gasteiger partial charge in [0, 0.05) is 24.3 Å². The van der Waals surface area contributed by atoms with Crippen LogP contribution in [0.15, 0.2) is 36.4 Å². The predicted molar refractivity (Wildman–Crippen MR) is 120 cm³/mol. The van der Waals surface area contributed by atoms with Gasteiger partial charge < -0.3 is 19.7 Å². The molecule has 0 radical (unpaired) electrons. The minimum Gasteiger partial charge on any atom is -0.490 e. The Bertz CT molecular complexity index is 951. The highest BCUT2D eigenvalue weighted by atomic mass is 16.5. The first-order chi connectivity index (χ1) is 15.1. The number of piperidine rings is 1. The number of benzene rings is 2. The molecule has 0 saturated carbocycles. The molecule has 1 heterocycles. The summed E-state index contributed by atoms with van der Waals surface area (Å²) in [5, 5.41) is 2.97. The maximum absolute atomic E-state index is 12.8. The number of hydrogen-bond acceptors (Lipinski definition) is 4. The summed E-state index contributed by atoms with van der Waals surface area (Å²) in [6.45, 7) is 3.87. The monoisotopic (exact) mass is 422 g/mol. The van der Waals surface area contributed by atoms with E-state index >= 15 is 0 Å². The number of nitrogens with one attached hydrogen (secondary N) is 1. The van der Waals surface area contributed by atoms with Crippen molar-refractivity contribution in [2.45, 2.75) is 45.4 Å². The van der Waals surface area contributed by atoms with Crippen LogP contribution in [0.25, 0.3) is 0 Å². The van der Waals surface area contributed by atoms with Crippen LogP contribution in [-0.2, 0) is 17.6 Å². The first-order valence-electron chi connectivity index (χ1n) is 11.2. The maximum atomic E-state index is 12.8. The highest BCUT2D eigenvalue weighted by molar-refractivity contribution is 6.04. The van der Waals surface area contributed by atoms with Crippen LogP contribution in [0.2, 0.25) is 0 Å². The summed E-state index contributed by atoms with van der Waals surface area (Å²) in [7, 11) is 0. The third kappa shape index (κ3) is 5.19. The van der Waals surface area contributed by atoms with Crippen molar-refractivity contribution in [2.24, 2.45) is 0 Å². The van der Waals surface area contributed by atoms with Crippen LogP contribution < -0.4 is 14.8 Å². The van der Waals surface area contributed by atoms with Gasteiger partial charge in [-0.05, 0) is 86.9 Å². The Morgan fingerprint density at radius 2 is 1.71 bits per heavy atom. The summed E-state index contributed by atoms with van der Waals surface area (Å²) in [6.07, 6.45) is 6.62. The zero-order valence-corrected chi connectivity index (χ0v) is 18.1. The maximum Gasteiger partial charge on any atom is 0.260 e. The minimum atomic E-state index is -0.199. The van der Waals surface area contributed by atoms with Crippen LogP contribution in [0.5, 0.6) is 11.5 Å². The largest absolute Gasteiger partial charge is 0.490 e. The number of hydrogen-bond donors (Lipinski definition) is 1. The lowest BCUT2D eigenvalue weighted by Crippen LogP contribution is -2.38. The van der Waals surface area contributed by atoms with Crippen molar-refractivity contribution < 1.29 is 19.1 Å². The van der Waals surface area contributed by atoms with Crippen molar-refractivity contribution in [1.29, 1.82) is 0 Å². The normalized spacial score (nSPS) is 15.3. The molecule has 1 aliphatic heterocycles. The van der Waals surface area contributed by atoms with E-state index in [0.717, 1.165) is 44.5 Å². The topological polar surface area (TPSA) is 67.9 Å². The summed E-state index contributed by atoms with van der Waals surface area (Å²) in [4.78, 5) is 27.0. The van der Waals surface area contributed by atoms with E-state index in [2.05, 4.69) is 17.4 Å². The summed E-state index contributed by atoms with van der Waals surface area (Å²) in [5.74, 6) is 0.729. The molecular weight excluding hydrogens is 392 g/mol. The summed E-state index contributed by atoms with van der Waals surface area (Å²) < 4.78 is 11.4. The van der Waals surface area contributed by atoms with E-state index in [-0.39, 0.29) is 18.4 Å². The Balaban J connectivity index is 1.42. The number of likely N-dealkylation sites (tertiary alicyclic amines) is 1. The van der Waals surface area contributed by atoms with E-state index in [0.29, 0.717) is 23.7 Å². The Labute approximate surface area is 183 Å². The van der Waals surface area contributed by atoms with Crippen molar-refractivity contribution in [1.82, 2.24) is 4.90 Å². The third-order valence-electron chi connectivity index (χ3n) is 5.92. The lowest BCUT2D eigenvalue weighted by molar-refractivity contribution is -0.134. The van der Waals surface area contributed by atoms with Gasteiger partial charge >= 0.3 is 0 Å². The second-order valence-electron chi connectivity index (χ2n) is 8.12. The van der Waals surface area contributed by atoms with E-state index in [1.54, 1.807) is 18.2 Å². The SMILES string of the molecule is CCOc1cc(C(=O)Nc2ccc3c(c2)CCC3)ccc1OCC(=O)N1CCCCC1. The fourth-order valence-electron chi connectivity index (χ4n) is 4.26. The van der Waals surface area contributed by atoms with Gasteiger partial charge in [-0.1, -0.05) is 6.07 Å². The number of fused-ring (bicyclic) bond motifs is 1. The molecular formula is C25H30N2O4. The molecule has 2 aliphatic rings. The second kappa shape index (κ2) is 9.86. The molecule has 0 bridgehead atoms. The number of rotatable bonds is 7. The average Bonchev–Trinajstić information content (AvgIpc) is 3.26. The number of ether oxygens (including phenoxy) is 2. The molecule has 164 valence electrons. The van der Waals surface area contributed by atoms with Gasteiger partial charge in [-0.15, -0.1) is 0 Å². The van der Waals surface area contributed by atoms with Gasteiger partial charge in [0.15, 0.2) is 18.1 Å². The Kier molecular flexibility index (Phi) is 6.75. The molecule has 0 aromatic heterocycles. The number of carbonyl (C=O) groups is 2. The zero-order chi connectivity index (χ0) is 21.6. The van der Waals surface area contributed by atoms with Gasteiger partial charge in [-0.25, -0.2) is 0 Å². The highest BCUT2D eigenvalue weighted by Crippen LogP contribution is 2.30. The molecule has 1 N–H and O–H groups in total. The first-order valence-corrected chi connectivity index (χ1v) is 11.2. The Morgan fingerprint density at radius 3 is 2.52 bits per heavy atom. The molecule has 1 saturated heterocycles. The van der Waals surface area contributed by atoms with E-state index in [9.17, 15) is 9.59 Å². The van der Waals surface area contributed by atoms with Crippen LogP contribution in [-0.4, -0.2) is 43.0 Å². The predicted octanol–water partition coefficient (Wildman–Crippen LogP) is 4.22. The van der Waals surface area contributed by atoms with Crippen molar-refractivity contribution in [3.8, 4) is 11.5 Å². The number of aryl methyl sites for hydroxylation is 2. The van der Waals surface area contributed by atoms with E-state index in [1.165, 1.54) is 24.0 Å². The van der Waals surface area contributed by atoms with Crippen molar-refractivity contribution >= 4 is 17.5 Å². The highest BCUT2D eigenvalue weighted by Gasteiger charge is 2.19. The van der Waals surface area contributed by atoms with Crippen molar-refractivity contribution in [2.75, 3.05) is 31.6 Å². The molecule has 1 aliphatic carbocycles. The van der Waals surface area contributed by atoms with Crippen molar-refractivity contribution in [3.05, 3.63) is 53.1 Å². The van der Waals surface area contributed by atoms with Gasteiger partial charge in [0.25, 0.3) is 11.8 Å². The van der Waals surface area contributed by atoms with Crippen molar-refractivity contribution in [3.63, 3.8) is 0 Å². The van der Waals surface area contributed by atoms with Gasteiger partial charge in [0.05, 0.1) is 6.61 Å². The van der Waals surface area contributed by atoms with Crippen LogP contribution in [0.4, 0.5) is 5.69 Å². The molecule has 2 amide bonds. The second-order valence-corrected chi connectivity index (χ2v) is 8.12. The summed E-state index contributed by atoms with van der Waals surface area (Å²) in [5.41, 5.74) is 3.97. The average molecular weight is 423 g/mol. The van der Waals surface area contributed by atoms with Crippen LogP contribution in [0.1, 0.15) is 54.1 Å². The molecule has 0 atom stereocenters. The quantitative estimate of drug-likeness (QED) is 0.726. The zero-order valence-electron chi connectivity index (χ0n) is 18.1. The van der Waals surface area contributed by atoms with Gasteiger partial charge in [0.1, 0.15) is 0 Å². The number of anilines is 1. The van der Waals surface area contributed by atoms with E-state index < -0.39 is 0 Å². The van der Waals surface area contributed by atoms with Crippen LogP contribution in [0, 0.1) is 0 Å². The Morgan fingerprint density at radius 1 is 0.903 bits per heavy atom. The molecule has 6 nitrogen and oxygen atoms in total. The molecule has 6 heteroatoms. The lowest BCUT2D eigenvalue weighted by atomic mass is 10.1. The number of amides is 2. The molecule has 2 aromatic rings. The van der Waals surface area contributed by atoms with E-state index in [1.807, 2.05) is 17.9 Å². The fourth-order valence-corrected chi connectivity index (χ4v) is 4.26. The third-order valence-corrected chi connectivity index (χ3v) is 5.92. The van der Waals surface area contributed by atoms with Crippen LogP contribution in [0.3, 0.4) is 0 Å². The molecule has 0 unspecified atom stereocenters. The number of carbonyl (C=O) groups excluding carboxylic acids is 2. The minimum absolute atomic E-state index is 0.0134. The standard InChI is InChI=1S/C25H30N2O4/c1-2-30-23-16-20(25(29)26-21-11-9-18-7-6-8-19(18)15-21)10-12-22(23)31-17-24(28)27-13-4-3-5-14-27/h9-12,15-16H,2-8,13-14,17H2,1H3,(H,26,29). The smallest absolute Gasteiger partial charge is 0.260 e. The molecule has 4 rings (SSSR count). The molecule has 2 aromatic carbocycles.